The van der Waals surface area contributed by atoms with Crippen LogP contribution in [0.4, 0.5) is 13.2 Å². The quantitative estimate of drug-likeness (QED) is 0.663. The lowest BCUT2D eigenvalue weighted by Crippen LogP contribution is -2.43. The average molecular weight is 448 g/mol. The summed E-state index contributed by atoms with van der Waals surface area (Å²) in [5, 5.41) is 19.7. The predicted molar refractivity (Wildman–Crippen MR) is 121 cm³/mol. The monoisotopic (exact) mass is 447 g/mol. The van der Waals surface area contributed by atoms with E-state index in [4.69, 9.17) is 0 Å². The van der Waals surface area contributed by atoms with Crippen LogP contribution in [-0.2, 0) is 17.2 Å². The van der Waals surface area contributed by atoms with Crippen LogP contribution in [0.15, 0.2) is 55.1 Å². The van der Waals surface area contributed by atoms with Gasteiger partial charge in [0.25, 0.3) is 0 Å². The van der Waals surface area contributed by atoms with Crippen molar-refractivity contribution < 1.29 is 23.4 Å². The van der Waals surface area contributed by atoms with Crippen LogP contribution in [0.5, 0.6) is 0 Å². The van der Waals surface area contributed by atoms with E-state index in [-0.39, 0.29) is 6.61 Å². The molecule has 0 radical (unpaired) electrons. The van der Waals surface area contributed by atoms with E-state index < -0.39 is 22.8 Å². The molecule has 1 aliphatic carbocycles. The number of likely N-dealkylation sites (tertiary alicyclic amines) is 1. The smallest absolute Gasteiger partial charge is 0.395 e. The Balaban J connectivity index is 0.000000193. The molecule has 174 valence electrons. The predicted octanol–water partition coefficient (Wildman–Crippen LogP) is 5.36. The Morgan fingerprint density at radius 2 is 1.47 bits per heavy atom. The molecule has 2 aromatic carbocycles. The fourth-order valence-electron chi connectivity index (χ4n) is 4.33. The van der Waals surface area contributed by atoms with E-state index in [2.05, 4.69) is 11.5 Å². The Kier molecular flexibility index (Phi) is 7.48. The molecule has 0 bridgehead atoms. The van der Waals surface area contributed by atoms with Gasteiger partial charge in [-0.25, -0.2) is 0 Å². The number of hydrogen-bond donors (Lipinski definition) is 2. The Morgan fingerprint density at radius 3 is 1.88 bits per heavy atom. The second kappa shape index (κ2) is 9.77. The molecular formula is C26H32F3NO2. The second-order valence-electron chi connectivity index (χ2n) is 9.03. The third-order valence-corrected chi connectivity index (χ3v) is 6.94. The van der Waals surface area contributed by atoms with Crippen LogP contribution in [0.25, 0.3) is 6.08 Å². The minimum atomic E-state index is -4.31. The van der Waals surface area contributed by atoms with E-state index in [1.807, 2.05) is 37.4 Å². The molecule has 2 aliphatic rings. The lowest BCUT2D eigenvalue weighted by atomic mass is 9.73. The molecule has 2 aromatic rings. The summed E-state index contributed by atoms with van der Waals surface area (Å²) < 4.78 is 37.6. The van der Waals surface area contributed by atoms with Gasteiger partial charge in [-0.15, -0.1) is 0 Å². The van der Waals surface area contributed by atoms with Gasteiger partial charge in [0, 0.05) is 5.41 Å². The average Bonchev–Trinajstić information content (AvgIpc) is 2.78. The van der Waals surface area contributed by atoms with Gasteiger partial charge in [-0.05, 0) is 81.1 Å². The molecule has 6 heteroatoms. The van der Waals surface area contributed by atoms with Crippen molar-refractivity contribution in [3.8, 4) is 0 Å². The Morgan fingerprint density at radius 1 is 0.938 bits per heavy atom. The molecule has 1 saturated heterocycles. The maximum absolute atomic E-state index is 12.5. The third kappa shape index (κ3) is 5.42. The number of hydrogen-bond acceptors (Lipinski definition) is 3. The van der Waals surface area contributed by atoms with Gasteiger partial charge in [0.05, 0.1) is 17.8 Å². The zero-order valence-corrected chi connectivity index (χ0v) is 18.5. The molecule has 0 spiro atoms. The van der Waals surface area contributed by atoms with Crippen molar-refractivity contribution in [2.75, 3.05) is 26.7 Å². The van der Waals surface area contributed by atoms with Crippen molar-refractivity contribution >= 4 is 6.08 Å². The summed E-state index contributed by atoms with van der Waals surface area (Å²) in [6, 6.07) is 13.2. The maximum Gasteiger partial charge on any atom is 0.416 e. The largest absolute Gasteiger partial charge is 0.416 e. The lowest BCUT2D eigenvalue weighted by molar-refractivity contribution is -0.137. The molecule has 0 unspecified atom stereocenters. The summed E-state index contributed by atoms with van der Waals surface area (Å²) in [7, 11) is 2.01. The standard InChI is InChI=1S/C14H18F3NO.C12H14O/c1-18-8-6-13(10-19,7-9-18)11-2-4-12(5-3-11)14(15,16)17;1-2-10-4-6-11(7-5-10)12(13)8-3-9-12/h2-5,19H,6-10H2,1H3;2,4-7,13H,1,3,8-9H2. The first kappa shape index (κ1) is 24.5. The summed E-state index contributed by atoms with van der Waals surface area (Å²) in [6.07, 6.45) is 1.99. The summed E-state index contributed by atoms with van der Waals surface area (Å²) in [6.45, 7) is 5.37. The lowest BCUT2D eigenvalue weighted by Gasteiger charge is -2.40. The summed E-state index contributed by atoms with van der Waals surface area (Å²) >= 11 is 0. The van der Waals surface area contributed by atoms with Crippen LogP contribution < -0.4 is 0 Å². The molecule has 2 N–H and O–H groups in total. The normalized spacial score (nSPS) is 19.9. The topological polar surface area (TPSA) is 43.7 Å². The van der Waals surface area contributed by atoms with E-state index in [1.54, 1.807) is 0 Å². The Bertz CT molecular complexity index is 879. The van der Waals surface area contributed by atoms with Gasteiger partial charge in [0.15, 0.2) is 0 Å². The van der Waals surface area contributed by atoms with E-state index in [1.165, 1.54) is 12.1 Å². The van der Waals surface area contributed by atoms with Crippen LogP contribution in [-0.4, -0.2) is 41.9 Å². The number of alkyl halides is 3. The van der Waals surface area contributed by atoms with Gasteiger partial charge in [-0.1, -0.05) is 49.1 Å². The number of halogens is 3. The van der Waals surface area contributed by atoms with Crippen molar-refractivity contribution in [3.05, 3.63) is 77.4 Å². The highest BCUT2D eigenvalue weighted by Crippen LogP contribution is 2.41. The molecule has 3 nitrogen and oxygen atoms in total. The van der Waals surface area contributed by atoms with Crippen molar-refractivity contribution in [2.24, 2.45) is 0 Å². The minimum absolute atomic E-state index is 0.0216. The summed E-state index contributed by atoms with van der Waals surface area (Å²) in [4.78, 5) is 2.16. The van der Waals surface area contributed by atoms with Crippen molar-refractivity contribution in [1.82, 2.24) is 4.90 Å². The molecule has 2 fully saturated rings. The van der Waals surface area contributed by atoms with Gasteiger partial charge in [-0.2, -0.15) is 13.2 Å². The van der Waals surface area contributed by atoms with Crippen LogP contribution >= 0.6 is 0 Å². The van der Waals surface area contributed by atoms with E-state index >= 15 is 0 Å². The maximum atomic E-state index is 12.5. The number of nitrogens with zero attached hydrogens (tertiary/aromatic N) is 1. The van der Waals surface area contributed by atoms with Gasteiger partial charge in [-0.3, -0.25) is 0 Å². The number of benzene rings is 2. The summed E-state index contributed by atoms with van der Waals surface area (Å²) in [5.41, 5.74) is 1.39. The molecule has 1 saturated carbocycles. The molecule has 1 aliphatic heterocycles. The third-order valence-electron chi connectivity index (χ3n) is 6.94. The number of piperidine rings is 1. The highest BCUT2D eigenvalue weighted by Gasteiger charge is 2.37. The Labute approximate surface area is 188 Å². The molecule has 0 atom stereocenters. The number of aliphatic hydroxyl groups is 2. The fourth-order valence-corrected chi connectivity index (χ4v) is 4.33. The van der Waals surface area contributed by atoms with Crippen molar-refractivity contribution in [2.45, 2.75) is 49.3 Å². The Hall–Kier alpha value is -2.15. The molecule has 0 aromatic heterocycles. The first-order valence-electron chi connectivity index (χ1n) is 11.0. The van der Waals surface area contributed by atoms with E-state index in [0.29, 0.717) is 0 Å². The van der Waals surface area contributed by atoms with E-state index in [9.17, 15) is 23.4 Å². The number of aliphatic hydroxyl groups excluding tert-OH is 1. The molecule has 1 heterocycles. The van der Waals surface area contributed by atoms with Gasteiger partial charge in [0.1, 0.15) is 0 Å². The fraction of sp³-hybridized carbons (Fsp3) is 0.462. The van der Waals surface area contributed by atoms with Crippen LogP contribution in [0, 0.1) is 0 Å². The van der Waals surface area contributed by atoms with Gasteiger partial charge < -0.3 is 15.1 Å². The van der Waals surface area contributed by atoms with Crippen LogP contribution in [0.3, 0.4) is 0 Å². The first-order chi connectivity index (χ1) is 15.1. The van der Waals surface area contributed by atoms with Gasteiger partial charge >= 0.3 is 6.18 Å². The minimum Gasteiger partial charge on any atom is -0.395 e. The second-order valence-corrected chi connectivity index (χ2v) is 9.03. The van der Waals surface area contributed by atoms with Crippen LogP contribution in [0.1, 0.15) is 54.4 Å². The van der Waals surface area contributed by atoms with E-state index in [0.717, 1.165) is 74.0 Å². The highest BCUT2D eigenvalue weighted by atomic mass is 19.4. The molecular weight excluding hydrogens is 415 g/mol. The zero-order valence-electron chi connectivity index (χ0n) is 18.5. The highest BCUT2D eigenvalue weighted by molar-refractivity contribution is 5.48. The van der Waals surface area contributed by atoms with Gasteiger partial charge in [0.2, 0.25) is 0 Å². The molecule has 32 heavy (non-hydrogen) atoms. The molecule has 0 amide bonds. The first-order valence-corrected chi connectivity index (χ1v) is 11.0. The number of rotatable bonds is 4. The van der Waals surface area contributed by atoms with Crippen molar-refractivity contribution in [1.29, 1.82) is 0 Å². The zero-order chi connectivity index (χ0) is 23.4. The van der Waals surface area contributed by atoms with Crippen molar-refractivity contribution in [3.63, 3.8) is 0 Å². The van der Waals surface area contributed by atoms with Crippen LogP contribution in [0.2, 0.25) is 0 Å². The molecule has 4 rings (SSSR count). The SMILES string of the molecule is C=Cc1ccc(C2(O)CCC2)cc1.CN1CCC(CO)(c2ccc(C(F)(F)F)cc2)CC1. The summed E-state index contributed by atoms with van der Waals surface area (Å²) in [5.74, 6) is 0.